The van der Waals surface area contributed by atoms with Gasteiger partial charge < -0.3 is 14.7 Å². The third-order valence-electron chi connectivity index (χ3n) is 9.41. The number of anilines is 1. The number of sulfonamides is 1. The monoisotopic (exact) mass is 624 g/mol. The van der Waals surface area contributed by atoms with E-state index in [2.05, 4.69) is 21.5 Å². The summed E-state index contributed by atoms with van der Waals surface area (Å²) >= 11 is 6.31. The SMILES string of the molecule is CC#C[C@]1(O)/C=C/C[C@H](C)[C@@H](C)S(=O)(=O)NC(=O)c2ccc3c(c2)N(CCCCc2cc(Cl)ccc2CO3)C[C@@H]2CC[C@H]21. The predicted molar refractivity (Wildman–Crippen MR) is 171 cm³/mol. The summed E-state index contributed by atoms with van der Waals surface area (Å²) < 4.78 is 35.2. The smallest absolute Gasteiger partial charge is 0.264 e. The van der Waals surface area contributed by atoms with Gasteiger partial charge in [-0.2, -0.15) is 0 Å². The van der Waals surface area contributed by atoms with Crippen LogP contribution < -0.4 is 14.4 Å². The highest BCUT2D eigenvalue weighted by atomic mass is 35.5. The third kappa shape index (κ3) is 6.90. The molecular formula is C34H41ClN2O5S. The van der Waals surface area contributed by atoms with E-state index < -0.39 is 26.8 Å². The van der Waals surface area contributed by atoms with Crippen LogP contribution in [0.25, 0.3) is 0 Å². The van der Waals surface area contributed by atoms with Gasteiger partial charge >= 0.3 is 0 Å². The zero-order valence-electron chi connectivity index (χ0n) is 25.1. The number of carbonyl (C=O) groups is 1. The van der Waals surface area contributed by atoms with E-state index in [0.717, 1.165) is 48.9 Å². The summed E-state index contributed by atoms with van der Waals surface area (Å²) in [5.74, 6) is 5.75. The highest BCUT2D eigenvalue weighted by Gasteiger charge is 2.45. The third-order valence-corrected chi connectivity index (χ3v) is 11.6. The molecule has 5 rings (SSSR count). The fourth-order valence-corrected chi connectivity index (χ4v) is 7.91. The molecule has 2 N–H and O–H groups in total. The van der Waals surface area contributed by atoms with Gasteiger partial charge in [-0.15, -0.1) is 5.92 Å². The van der Waals surface area contributed by atoms with Crippen LogP contribution in [0.5, 0.6) is 5.75 Å². The summed E-state index contributed by atoms with van der Waals surface area (Å²) in [4.78, 5) is 15.6. The van der Waals surface area contributed by atoms with Crippen molar-refractivity contribution in [3.63, 3.8) is 0 Å². The minimum atomic E-state index is -3.96. The number of fused-ring (bicyclic) bond motifs is 3. The molecule has 230 valence electrons. The number of allylic oxidation sites excluding steroid dienone is 1. The first-order valence-corrected chi connectivity index (χ1v) is 17.1. The van der Waals surface area contributed by atoms with E-state index in [1.165, 1.54) is 0 Å². The summed E-state index contributed by atoms with van der Waals surface area (Å²) in [6.45, 7) is 6.87. The van der Waals surface area contributed by atoms with Crippen LogP contribution in [0.2, 0.25) is 5.02 Å². The highest BCUT2D eigenvalue weighted by Crippen LogP contribution is 2.45. The second kappa shape index (κ2) is 12.9. The van der Waals surface area contributed by atoms with Gasteiger partial charge in [0.15, 0.2) is 0 Å². The van der Waals surface area contributed by atoms with Gasteiger partial charge in [-0.25, -0.2) is 13.1 Å². The van der Waals surface area contributed by atoms with E-state index in [1.54, 1.807) is 38.1 Å². The number of halogens is 1. The second-order valence-electron chi connectivity index (χ2n) is 12.2. The van der Waals surface area contributed by atoms with Crippen LogP contribution >= 0.6 is 11.6 Å². The lowest BCUT2D eigenvalue weighted by molar-refractivity contribution is -0.00294. The van der Waals surface area contributed by atoms with Crippen LogP contribution in [-0.2, 0) is 23.1 Å². The number of amides is 1. The van der Waals surface area contributed by atoms with Crippen molar-refractivity contribution < 1.29 is 23.1 Å². The first-order chi connectivity index (χ1) is 20.5. The van der Waals surface area contributed by atoms with Crippen LogP contribution in [0.15, 0.2) is 48.6 Å². The average molecular weight is 625 g/mol. The van der Waals surface area contributed by atoms with Gasteiger partial charge in [0.05, 0.1) is 10.9 Å². The summed E-state index contributed by atoms with van der Waals surface area (Å²) in [5.41, 5.74) is 1.90. The Hall–Kier alpha value is -2.99. The molecule has 2 bridgehead atoms. The lowest BCUT2D eigenvalue weighted by atomic mass is 9.64. The van der Waals surface area contributed by atoms with Crippen molar-refractivity contribution in [2.45, 2.75) is 76.8 Å². The largest absolute Gasteiger partial charge is 0.487 e. The first-order valence-electron chi connectivity index (χ1n) is 15.2. The molecule has 43 heavy (non-hydrogen) atoms. The normalized spacial score (nSPS) is 30.0. The van der Waals surface area contributed by atoms with Gasteiger partial charge in [0.25, 0.3) is 5.91 Å². The minimum Gasteiger partial charge on any atom is -0.487 e. The molecule has 3 aliphatic rings. The maximum absolute atomic E-state index is 13.4. The zero-order valence-corrected chi connectivity index (χ0v) is 26.7. The van der Waals surface area contributed by atoms with Crippen molar-refractivity contribution in [2.75, 3.05) is 18.0 Å². The number of hydrogen-bond donors (Lipinski definition) is 2. The molecule has 2 aromatic carbocycles. The van der Waals surface area contributed by atoms with E-state index in [-0.39, 0.29) is 23.3 Å². The van der Waals surface area contributed by atoms with E-state index in [9.17, 15) is 18.3 Å². The van der Waals surface area contributed by atoms with E-state index in [0.29, 0.717) is 36.9 Å². The van der Waals surface area contributed by atoms with E-state index in [1.807, 2.05) is 31.2 Å². The van der Waals surface area contributed by atoms with Crippen molar-refractivity contribution in [3.8, 4) is 17.6 Å². The van der Waals surface area contributed by atoms with E-state index in [4.69, 9.17) is 16.3 Å². The van der Waals surface area contributed by atoms with Crippen LogP contribution in [0.4, 0.5) is 5.69 Å². The van der Waals surface area contributed by atoms with Crippen molar-refractivity contribution in [3.05, 3.63) is 70.3 Å². The Morgan fingerprint density at radius 2 is 1.93 bits per heavy atom. The molecule has 2 aromatic rings. The number of ether oxygens (including phenoxy) is 1. The van der Waals surface area contributed by atoms with Gasteiger partial charge in [-0.05, 0) is 112 Å². The van der Waals surface area contributed by atoms with E-state index >= 15 is 0 Å². The van der Waals surface area contributed by atoms with Gasteiger partial charge in [-0.3, -0.25) is 4.79 Å². The molecule has 1 fully saturated rings. The van der Waals surface area contributed by atoms with Crippen molar-refractivity contribution in [1.29, 1.82) is 0 Å². The Morgan fingerprint density at radius 1 is 1.12 bits per heavy atom. The number of hydrogen-bond acceptors (Lipinski definition) is 6. The van der Waals surface area contributed by atoms with Gasteiger partial charge in [0.1, 0.15) is 18.0 Å². The minimum absolute atomic E-state index is 0.0685. The van der Waals surface area contributed by atoms with Gasteiger partial charge in [0, 0.05) is 29.6 Å². The Kier molecular flexibility index (Phi) is 9.46. The first kappa shape index (κ1) is 31.4. The quantitative estimate of drug-likeness (QED) is 0.281. The van der Waals surface area contributed by atoms with Crippen LogP contribution in [0.3, 0.4) is 0 Å². The molecule has 2 aliphatic heterocycles. The number of carbonyl (C=O) groups excluding carboxylic acids is 1. The van der Waals surface area contributed by atoms with Crippen LogP contribution in [0.1, 0.15) is 74.4 Å². The number of benzene rings is 2. The average Bonchev–Trinajstić information content (AvgIpc) is 2.97. The topological polar surface area (TPSA) is 95.9 Å². The van der Waals surface area contributed by atoms with Crippen molar-refractivity contribution >= 4 is 33.2 Å². The Morgan fingerprint density at radius 3 is 2.67 bits per heavy atom. The molecule has 0 unspecified atom stereocenters. The zero-order chi connectivity index (χ0) is 30.8. The second-order valence-corrected chi connectivity index (χ2v) is 14.7. The summed E-state index contributed by atoms with van der Waals surface area (Å²) in [6.07, 6.45) is 8.52. The Balaban J connectivity index is 1.58. The highest BCUT2D eigenvalue weighted by molar-refractivity contribution is 7.90. The molecule has 7 nitrogen and oxygen atoms in total. The van der Waals surface area contributed by atoms with Gasteiger partial charge in [0.2, 0.25) is 10.0 Å². The molecule has 1 amide bonds. The van der Waals surface area contributed by atoms with Gasteiger partial charge in [-0.1, -0.05) is 36.6 Å². The molecule has 9 heteroatoms. The lowest BCUT2D eigenvalue weighted by Crippen LogP contribution is -2.49. The molecule has 0 saturated heterocycles. The van der Waals surface area contributed by atoms with Crippen LogP contribution in [-0.4, -0.2) is 43.4 Å². The summed E-state index contributed by atoms with van der Waals surface area (Å²) in [7, 11) is -3.96. The molecular weight excluding hydrogens is 584 g/mol. The molecule has 2 heterocycles. The standard InChI is InChI=1S/C34H41ClN2O5S/c1-4-16-34(39)17-7-8-23(2)24(3)43(40,41)36-33(38)26-12-15-32-31(20-26)37(21-27-11-14-30(27)34)18-6-5-9-25-19-29(35)13-10-28(25)22-42-32/h7,10,12-13,15,17,19-20,23-24,27,30,39H,5-6,8-9,11,14,18,21-22H2,1-3H3,(H,36,38)/b17-7+/t23-,24+,27-,30+,34-/m0/s1. The maximum atomic E-state index is 13.4. The lowest BCUT2D eigenvalue weighted by Gasteiger charge is -2.46. The predicted octanol–water partition coefficient (Wildman–Crippen LogP) is 5.89. The van der Waals surface area contributed by atoms with Crippen LogP contribution in [0, 0.1) is 29.6 Å². The number of aliphatic hydroxyl groups is 1. The molecule has 0 radical (unpaired) electrons. The molecule has 1 saturated carbocycles. The summed E-state index contributed by atoms with van der Waals surface area (Å²) in [5, 5.41) is 11.6. The maximum Gasteiger partial charge on any atom is 0.264 e. The van der Waals surface area contributed by atoms with Crippen molar-refractivity contribution in [1.82, 2.24) is 4.72 Å². The number of rotatable bonds is 0. The molecule has 0 spiro atoms. The fraction of sp³-hybridized carbons (Fsp3) is 0.500. The summed E-state index contributed by atoms with van der Waals surface area (Å²) in [6, 6.07) is 11.0. The number of nitrogens with one attached hydrogen (secondary N) is 1. The Labute approximate surface area is 260 Å². The van der Waals surface area contributed by atoms with Crippen molar-refractivity contribution in [2.24, 2.45) is 17.8 Å². The molecule has 0 aromatic heterocycles. The molecule has 5 atom stereocenters. The number of aryl methyl sites for hydroxylation is 1. The fourth-order valence-electron chi connectivity index (χ4n) is 6.43. The number of nitrogens with zero attached hydrogens (tertiary/aromatic N) is 1. The molecule has 1 aliphatic carbocycles. The Bertz CT molecular complexity index is 1560.